The lowest BCUT2D eigenvalue weighted by molar-refractivity contribution is -0.139. The molecule has 1 unspecified atom stereocenters. The standard InChI is InChI=1S/C18H18O5S2/c1-12(19)24-18(2,17(20)21)15-10-9-14(11-16(15)25(3,22)23)13-7-5-4-6-8-13/h4-11H,1-3H3,(H,20,21). The third-order valence-corrected chi connectivity index (χ3v) is 5.99. The van der Waals surface area contributed by atoms with Crippen LogP contribution >= 0.6 is 11.8 Å². The first-order chi connectivity index (χ1) is 11.6. The molecule has 2 aromatic rings. The van der Waals surface area contributed by atoms with Crippen LogP contribution in [0.25, 0.3) is 11.1 Å². The van der Waals surface area contributed by atoms with E-state index in [0.29, 0.717) is 17.3 Å². The minimum atomic E-state index is -3.70. The van der Waals surface area contributed by atoms with Gasteiger partial charge in [0.2, 0.25) is 0 Å². The highest BCUT2D eigenvalue weighted by atomic mass is 32.2. The fourth-order valence-corrected chi connectivity index (χ4v) is 4.56. The van der Waals surface area contributed by atoms with Crippen molar-refractivity contribution in [1.82, 2.24) is 0 Å². The van der Waals surface area contributed by atoms with Crippen LogP contribution in [0.1, 0.15) is 19.4 Å². The van der Waals surface area contributed by atoms with Crippen LogP contribution in [0.5, 0.6) is 0 Å². The van der Waals surface area contributed by atoms with Gasteiger partial charge in [0.25, 0.3) is 0 Å². The van der Waals surface area contributed by atoms with E-state index in [9.17, 15) is 23.1 Å². The van der Waals surface area contributed by atoms with E-state index < -0.39 is 25.7 Å². The Hall–Kier alpha value is -2.12. The molecule has 0 aliphatic carbocycles. The number of benzene rings is 2. The number of sulfone groups is 1. The van der Waals surface area contributed by atoms with Crippen molar-refractivity contribution in [2.75, 3.05) is 6.26 Å². The Labute approximate surface area is 151 Å². The summed E-state index contributed by atoms with van der Waals surface area (Å²) in [6.45, 7) is 2.60. The van der Waals surface area contributed by atoms with Crippen LogP contribution < -0.4 is 0 Å². The van der Waals surface area contributed by atoms with Crippen LogP contribution in [0.4, 0.5) is 0 Å². The van der Waals surface area contributed by atoms with Crippen molar-refractivity contribution < 1.29 is 23.1 Å². The van der Waals surface area contributed by atoms with Crippen molar-refractivity contribution in [2.24, 2.45) is 0 Å². The van der Waals surface area contributed by atoms with Gasteiger partial charge < -0.3 is 5.11 Å². The molecule has 0 spiro atoms. The van der Waals surface area contributed by atoms with Crippen molar-refractivity contribution in [2.45, 2.75) is 23.5 Å². The van der Waals surface area contributed by atoms with E-state index >= 15 is 0 Å². The second-order valence-electron chi connectivity index (χ2n) is 5.78. The SMILES string of the molecule is CC(=O)SC(C)(C(=O)O)c1ccc(-c2ccccc2)cc1S(C)(=O)=O. The third kappa shape index (κ3) is 4.11. The lowest BCUT2D eigenvalue weighted by atomic mass is 9.96. The molecule has 2 rings (SSSR count). The van der Waals surface area contributed by atoms with Gasteiger partial charge in [0.05, 0.1) is 4.90 Å². The maximum atomic E-state index is 12.3. The number of rotatable bonds is 5. The van der Waals surface area contributed by atoms with Crippen molar-refractivity contribution >= 4 is 32.7 Å². The molecule has 1 N–H and O–H groups in total. The van der Waals surface area contributed by atoms with Crippen LogP contribution in [0.15, 0.2) is 53.4 Å². The molecule has 0 saturated heterocycles. The van der Waals surface area contributed by atoms with E-state index in [0.717, 1.165) is 11.8 Å². The topological polar surface area (TPSA) is 88.5 Å². The Morgan fingerprint density at radius 2 is 1.64 bits per heavy atom. The van der Waals surface area contributed by atoms with E-state index in [4.69, 9.17) is 0 Å². The zero-order valence-electron chi connectivity index (χ0n) is 14.0. The summed E-state index contributed by atoms with van der Waals surface area (Å²) in [6.07, 6.45) is 1.03. The molecular formula is C18H18O5S2. The van der Waals surface area contributed by atoms with E-state index in [1.807, 2.05) is 30.3 Å². The van der Waals surface area contributed by atoms with Gasteiger partial charge in [-0.2, -0.15) is 0 Å². The molecule has 0 amide bonds. The number of carboxylic acids is 1. The Kier molecular flexibility index (Phi) is 5.39. The first kappa shape index (κ1) is 19.2. The molecule has 0 saturated carbocycles. The van der Waals surface area contributed by atoms with Crippen molar-refractivity contribution in [3.63, 3.8) is 0 Å². The Balaban J connectivity index is 2.74. The molecule has 0 bridgehead atoms. The van der Waals surface area contributed by atoms with Gasteiger partial charge in [0.15, 0.2) is 15.0 Å². The van der Waals surface area contributed by atoms with Crippen molar-refractivity contribution in [3.8, 4) is 11.1 Å². The number of carbonyl (C=O) groups excluding carboxylic acids is 1. The number of aliphatic carboxylic acids is 1. The Morgan fingerprint density at radius 1 is 1.04 bits per heavy atom. The van der Waals surface area contributed by atoms with Gasteiger partial charge in [-0.1, -0.05) is 54.2 Å². The van der Waals surface area contributed by atoms with Gasteiger partial charge in [-0.15, -0.1) is 0 Å². The quantitative estimate of drug-likeness (QED) is 0.858. The summed E-state index contributed by atoms with van der Waals surface area (Å²) in [7, 11) is -3.70. The number of hydrogen-bond acceptors (Lipinski definition) is 5. The maximum absolute atomic E-state index is 12.3. The molecule has 25 heavy (non-hydrogen) atoms. The average molecular weight is 378 g/mol. The van der Waals surface area contributed by atoms with Gasteiger partial charge in [0.1, 0.15) is 4.75 Å². The van der Waals surface area contributed by atoms with Crippen molar-refractivity contribution in [1.29, 1.82) is 0 Å². The normalized spacial score (nSPS) is 13.9. The molecule has 0 radical (unpaired) electrons. The van der Waals surface area contributed by atoms with Gasteiger partial charge in [0, 0.05) is 13.2 Å². The summed E-state index contributed by atoms with van der Waals surface area (Å²) in [6, 6.07) is 13.8. The minimum absolute atomic E-state index is 0.0855. The molecule has 132 valence electrons. The monoisotopic (exact) mass is 378 g/mol. The highest BCUT2D eigenvalue weighted by Crippen LogP contribution is 2.41. The molecular weight excluding hydrogens is 360 g/mol. The van der Waals surface area contributed by atoms with E-state index in [-0.39, 0.29) is 10.5 Å². The Bertz CT molecular complexity index is 920. The molecule has 0 aromatic heterocycles. The van der Waals surface area contributed by atoms with Crippen LogP contribution in [0, 0.1) is 0 Å². The fraction of sp³-hybridized carbons (Fsp3) is 0.222. The zero-order chi connectivity index (χ0) is 18.8. The number of carboxylic acid groups (broad SMARTS) is 1. The predicted octanol–water partition coefficient (Wildman–Crippen LogP) is 3.34. The minimum Gasteiger partial charge on any atom is -0.480 e. The number of carbonyl (C=O) groups is 2. The Morgan fingerprint density at radius 3 is 2.12 bits per heavy atom. The molecule has 0 aliphatic rings. The van der Waals surface area contributed by atoms with Gasteiger partial charge in [-0.05, 0) is 29.7 Å². The van der Waals surface area contributed by atoms with Crippen LogP contribution in [-0.2, 0) is 24.2 Å². The second-order valence-corrected chi connectivity index (χ2v) is 9.36. The summed E-state index contributed by atoms with van der Waals surface area (Å²) in [4.78, 5) is 23.3. The maximum Gasteiger partial charge on any atom is 0.324 e. The average Bonchev–Trinajstić information content (AvgIpc) is 2.53. The van der Waals surface area contributed by atoms with E-state index in [1.165, 1.54) is 26.0 Å². The summed E-state index contributed by atoms with van der Waals surface area (Å²) < 4.78 is 22.9. The largest absolute Gasteiger partial charge is 0.480 e. The number of hydrogen-bond donors (Lipinski definition) is 1. The van der Waals surface area contributed by atoms with E-state index in [1.54, 1.807) is 6.07 Å². The second kappa shape index (κ2) is 7.01. The van der Waals surface area contributed by atoms with Gasteiger partial charge in [-0.3, -0.25) is 9.59 Å². The molecule has 0 fully saturated rings. The summed E-state index contributed by atoms with van der Waals surface area (Å²) in [5.41, 5.74) is 1.56. The highest BCUT2D eigenvalue weighted by molar-refractivity contribution is 8.14. The summed E-state index contributed by atoms with van der Waals surface area (Å²) in [5.74, 6) is -1.27. The molecule has 0 aliphatic heterocycles. The van der Waals surface area contributed by atoms with Crippen LogP contribution in [-0.4, -0.2) is 30.9 Å². The molecule has 0 heterocycles. The van der Waals surface area contributed by atoms with E-state index in [2.05, 4.69) is 0 Å². The summed E-state index contributed by atoms with van der Waals surface area (Å²) >= 11 is 0.592. The predicted molar refractivity (Wildman–Crippen MR) is 98.2 cm³/mol. The smallest absolute Gasteiger partial charge is 0.324 e. The van der Waals surface area contributed by atoms with Gasteiger partial charge in [-0.25, -0.2) is 8.42 Å². The summed E-state index contributed by atoms with van der Waals surface area (Å²) in [5, 5.41) is 9.24. The van der Waals surface area contributed by atoms with Crippen LogP contribution in [0.3, 0.4) is 0 Å². The van der Waals surface area contributed by atoms with Gasteiger partial charge >= 0.3 is 5.97 Å². The highest BCUT2D eigenvalue weighted by Gasteiger charge is 2.41. The van der Waals surface area contributed by atoms with Crippen LogP contribution in [0.2, 0.25) is 0 Å². The van der Waals surface area contributed by atoms with Crippen molar-refractivity contribution in [3.05, 3.63) is 54.1 Å². The first-order valence-corrected chi connectivity index (χ1v) is 10.1. The fourth-order valence-electron chi connectivity index (χ4n) is 2.53. The lowest BCUT2D eigenvalue weighted by Gasteiger charge is -2.26. The first-order valence-electron chi connectivity index (χ1n) is 7.38. The third-order valence-electron chi connectivity index (χ3n) is 3.76. The molecule has 1 atom stereocenters. The zero-order valence-corrected chi connectivity index (χ0v) is 15.6. The lowest BCUT2D eigenvalue weighted by Crippen LogP contribution is -2.31. The molecule has 5 nitrogen and oxygen atoms in total. The molecule has 7 heteroatoms. The molecule has 2 aromatic carbocycles. The number of thioether (sulfide) groups is 1.